The molecule has 7 heteroatoms. The Labute approximate surface area is 83.2 Å². The van der Waals surface area contributed by atoms with E-state index >= 15 is 0 Å². The first-order valence-corrected chi connectivity index (χ1v) is 5.39. The summed E-state index contributed by atoms with van der Waals surface area (Å²) in [6.07, 6.45) is 0. The number of carbonyl (C=O) groups excluding carboxylic acids is 1. The molecule has 0 spiro atoms. The minimum Gasteiger partial charge on any atom is -0.468 e. The van der Waals surface area contributed by atoms with Gasteiger partial charge in [0, 0.05) is 6.54 Å². The summed E-state index contributed by atoms with van der Waals surface area (Å²) in [5.41, 5.74) is 0. The van der Waals surface area contributed by atoms with Crippen molar-refractivity contribution in [3.05, 3.63) is 0 Å². The van der Waals surface area contributed by atoms with Crippen LogP contribution >= 0.6 is 12.4 Å². The molecule has 1 unspecified atom stereocenters. The predicted octanol–water partition coefficient (Wildman–Crippen LogP) is -1.03. The third-order valence-electron chi connectivity index (χ3n) is 1.71. The lowest BCUT2D eigenvalue weighted by Gasteiger charge is -2.20. The van der Waals surface area contributed by atoms with E-state index in [0.29, 0.717) is 6.54 Å². The standard InChI is InChI=1S/C6H11NO4S.ClH/c1-11-6(8)5-4-12(9,10)3-2-7-5;/h5,7H,2-4H2,1H3;1H. The van der Waals surface area contributed by atoms with Gasteiger partial charge in [0.1, 0.15) is 6.04 Å². The van der Waals surface area contributed by atoms with Gasteiger partial charge in [-0.3, -0.25) is 4.79 Å². The smallest absolute Gasteiger partial charge is 0.323 e. The number of hydrogen-bond donors (Lipinski definition) is 1. The highest BCUT2D eigenvalue weighted by Crippen LogP contribution is 2.02. The maximum absolute atomic E-state index is 11.0. The minimum atomic E-state index is -3.05. The average molecular weight is 230 g/mol. The van der Waals surface area contributed by atoms with Crippen LogP contribution in [0.1, 0.15) is 0 Å². The molecule has 0 saturated carbocycles. The molecule has 0 radical (unpaired) electrons. The fourth-order valence-corrected chi connectivity index (χ4v) is 2.44. The maximum Gasteiger partial charge on any atom is 0.323 e. The molecule has 13 heavy (non-hydrogen) atoms. The van der Waals surface area contributed by atoms with Crippen molar-refractivity contribution in [2.24, 2.45) is 0 Å². The van der Waals surface area contributed by atoms with Gasteiger partial charge >= 0.3 is 5.97 Å². The molecule has 1 heterocycles. The Morgan fingerprint density at radius 3 is 2.62 bits per heavy atom. The highest BCUT2D eigenvalue weighted by atomic mass is 35.5. The van der Waals surface area contributed by atoms with Crippen LogP contribution in [0.15, 0.2) is 0 Å². The second-order valence-electron chi connectivity index (χ2n) is 2.64. The Balaban J connectivity index is 0.00000144. The number of ether oxygens (including phenoxy) is 1. The molecule has 0 aromatic carbocycles. The molecular formula is C6H12ClNO4S. The van der Waals surface area contributed by atoms with Gasteiger partial charge in [0.2, 0.25) is 0 Å². The van der Waals surface area contributed by atoms with Crippen molar-refractivity contribution < 1.29 is 17.9 Å². The van der Waals surface area contributed by atoms with Crippen LogP contribution in [0.25, 0.3) is 0 Å². The second-order valence-corrected chi connectivity index (χ2v) is 4.87. The topological polar surface area (TPSA) is 72.5 Å². The van der Waals surface area contributed by atoms with Gasteiger partial charge in [-0.15, -0.1) is 12.4 Å². The van der Waals surface area contributed by atoms with E-state index in [0.717, 1.165) is 0 Å². The Kier molecular flexibility index (Phi) is 4.66. The lowest BCUT2D eigenvalue weighted by atomic mass is 10.3. The monoisotopic (exact) mass is 229 g/mol. The SMILES string of the molecule is COC(=O)C1CS(=O)(=O)CCN1.Cl. The molecule has 0 aromatic rings. The van der Waals surface area contributed by atoms with Crippen LogP contribution in [0.4, 0.5) is 0 Å². The summed E-state index contributed by atoms with van der Waals surface area (Å²) in [4.78, 5) is 10.9. The van der Waals surface area contributed by atoms with Gasteiger partial charge in [-0.25, -0.2) is 8.42 Å². The molecular weight excluding hydrogens is 218 g/mol. The van der Waals surface area contributed by atoms with Gasteiger partial charge < -0.3 is 10.1 Å². The first-order valence-electron chi connectivity index (χ1n) is 3.57. The number of hydrogen-bond acceptors (Lipinski definition) is 5. The highest BCUT2D eigenvalue weighted by molar-refractivity contribution is 7.91. The van der Waals surface area contributed by atoms with E-state index in [9.17, 15) is 13.2 Å². The molecule has 78 valence electrons. The largest absolute Gasteiger partial charge is 0.468 e. The molecule has 1 saturated heterocycles. The summed E-state index contributed by atoms with van der Waals surface area (Å²) in [7, 11) is -1.81. The molecule has 1 rings (SSSR count). The van der Waals surface area contributed by atoms with E-state index in [2.05, 4.69) is 10.1 Å². The van der Waals surface area contributed by atoms with Crippen molar-refractivity contribution in [3.8, 4) is 0 Å². The van der Waals surface area contributed by atoms with Crippen molar-refractivity contribution in [3.63, 3.8) is 0 Å². The lowest BCUT2D eigenvalue weighted by Crippen LogP contribution is -2.49. The van der Waals surface area contributed by atoms with Crippen LogP contribution in [0.2, 0.25) is 0 Å². The number of nitrogens with one attached hydrogen (secondary N) is 1. The predicted molar refractivity (Wildman–Crippen MR) is 49.7 cm³/mol. The van der Waals surface area contributed by atoms with Crippen molar-refractivity contribution >= 4 is 28.2 Å². The van der Waals surface area contributed by atoms with Crippen molar-refractivity contribution in [1.29, 1.82) is 0 Å². The second kappa shape index (κ2) is 4.78. The summed E-state index contributed by atoms with van der Waals surface area (Å²) < 4.78 is 26.5. The van der Waals surface area contributed by atoms with E-state index < -0.39 is 21.8 Å². The Bertz CT molecular complexity index is 276. The molecule has 1 aliphatic rings. The molecule has 1 fully saturated rings. The fraction of sp³-hybridized carbons (Fsp3) is 0.833. The van der Waals surface area contributed by atoms with E-state index in [-0.39, 0.29) is 23.9 Å². The molecule has 1 atom stereocenters. The molecule has 1 aliphatic heterocycles. The van der Waals surface area contributed by atoms with E-state index in [1.165, 1.54) is 7.11 Å². The number of methoxy groups -OCH3 is 1. The van der Waals surface area contributed by atoms with Crippen LogP contribution in [0.3, 0.4) is 0 Å². The number of carbonyl (C=O) groups is 1. The van der Waals surface area contributed by atoms with Crippen molar-refractivity contribution in [2.45, 2.75) is 6.04 Å². The first kappa shape index (κ1) is 12.7. The van der Waals surface area contributed by atoms with Crippen LogP contribution in [0.5, 0.6) is 0 Å². The molecule has 0 amide bonds. The molecule has 0 aromatic heterocycles. The van der Waals surface area contributed by atoms with Crippen LogP contribution < -0.4 is 5.32 Å². The summed E-state index contributed by atoms with van der Waals surface area (Å²) >= 11 is 0. The number of esters is 1. The Morgan fingerprint density at radius 1 is 1.54 bits per heavy atom. The van der Waals surface area contributed by atoms with Crippen molar-refractivity contribution in [2.75, 3.05) is 25.2 Å². The average Bonchev–Trinajstić information content (AvgIpc) is 2.01. The van der Waals surface area contributed by atoms with Crippen LogP contribution in [0, 0.1) is 0 Å². The molecule has 5 nitrogen and oxygen atoms in total. The van der Waals surface area contributed by atoms with Crippen LogP contribution in [-0.4, -0.2) is 45.6 Å². The van der Waals surface area contributed by atoms with E-state index in [1.54, 1.807) is 0 Å². The summed E-state index contributed by atoms with van der Waals surface area (Å²) in [5, 5.41) is 2.77. The summed E-state index contributed by atoms with van der Waals surface area (Å²) in [5.74, 6) is -0.571. The normalized spacial score (nSPS) is 25.8. The number of rotatable bonds is 1. The third-order valence-corrected chi connectivity index (χ3v) is 3.38. The maximum atomic E-state index is 11.0. The zero-order chi connectivity index (χ0) is 9.19. The lowest BCUT2D eigenvalue weighted by molar-refractivity contribution is -0.142. The Hall–Kier alpha value is -0.330. The van der Waals surface area contributed by atoms with Gasteiger partial charge in [0.25, 0.3) is 0 Å². The highest BCUT2D eigenvalue weighted by Gasteiger charge is 2.29. The minimum absolute atomic E-state index is 0. The van der Waals surface area contributed by atoms with Gasteiger partial charge in [-0.05, 0) is 0 Å². The quantitative estimate of drug-likeness (QED) is 0.582. The van der Waals surface area contributed by atoms with Gasteiger partial charge in [-0.1, -0.05) is 0 Å². The van der Waals surface area contributed by atoms with Gasteiger partial charge in [0.05, 0.1) is 18.6 Å². The zero-order valence-electron chi connectivity index (χ0n) is 7.15. The van der Waals surface area contributed by atoms with Gasteiger partial charge in [0.15, 0.2) is 9.84 Å². The summed E-state index contributed by atoms with van der Waals surface area (Å²) in [6, 6.07) is -0.686. The van der Waals surface area contributed by atoms with Crippen LogP contribution in [-0.2, 0) is 19.4 Å². The first-order chi connectivity index (χ1) is 5.55. The van der Waals surface area contributed by atoms with E-state index in [1.807, 2.05) is 0 Å². The molecule has 0 bridgehead atoms. The fourth-order valence-electron chi connectivity index (χ4n) is 1.08. The van der Waals surface area contributed by atoms with Gasteiger partial charge in [-0.2, -0.15) is 0 Å². The van der Waals surface area contributed by atoms with E-state index in [4.69, 9.17) is 0 Å². The van der Waals surface area contributed by atoms with Crippen molar-refractivity contribution in [1.82, 2.24) is 5.32 Å². The summed E-state index contributed by atoms with van der Waals surface area (Å²) in [6.45, 7) is 0.322. The number of halogens is 1. The third kappa shape index (κ3) is 3.50. The molecule has 1 N–H and O–H groups in total. The zero-order valence-corrected chi connectivity index (χ0v) is 8.78. The number of sulfone groups is 1. The molecule has 0 aliphatic carbocycles. The Morgan fingerprint density at radius 2 is 2.15 bits per heavy atom.